The van der Waals surface area contributed by atoms with Crippen LogP contribution in [0.3, 0.4) is 0 Å². The van der Waals surface area contributed by atoms with Gasteiger partial charge in [0, 0.05) is 44.4 Å². The summed E-state index contributed by atoms with van der Waals surface area (Å²) in [7, 11) is 6.81. The van der Waals surface area contributed by atoms with E-state index in [1.807, 2.05) is 49.0 Å². The van der Waals surface area contributed by atoms with Gasteiger partial charge in [0.15, 0.2) is 18.4 Å². The van der Waals surface area contributed by atoms with Crippen LogP contribution >= 0.6 is 0 Å². The second-order valence-corrected chi connectivity index (χ2v) is 16.0. The van der Waals surface area contributed by atoms with E-state index in [0.29, 0.717) is 42.7 Å². The zero-order valence-electron chi connectivity index (χ0n) is 34.3. The number of hydrogen-bond donors (Lipinski definition) is 1. The lowest BCUT2D eigenvalue weighted by Gasteiger charge is -2.42. The van der Waals surface area contributed by atoms with E-state index in [1.165, 1.54) is 7.11 Å². The predicted molar refractivity (Wildman–Crippen MR) is 205 cm³/mol. The highest BCUT2D eigenvalue weighted by Crippen LogP contribution is 2.31. The lowest BCUT2D eigenvalue weighted by atomic mass is 9.81. The first kappa shape index (κ1) is 44.8. The van der Waals surface area contributed by atoms with Crippen molar-refractivity contribution in [3.63, 3.8) is 0 Å². The summed E-state index contributed by atoms with van der Waals surface area (Å²) >= 11 is 0. The largest absolute Gasteiger partial charge is 0.497 e. The van der Waals surface area contributed by atoms with Gasteiger partial charge in [0.05, 0.1) is 19.1 Å². The Morgan fingerprint density at radius 3 is 2.36 bits per heavy atom. The van der Waals surface area contributed by atoms with Gasteiger partial charge < -0.3 is 38.6 Å². The number of hydrogen-bond acceptors (Lipinski definition) is 11. The summed E-state index contributed by atoms with van der Waals surface area (Å²) in [6, 6.07) is 7.04. The highest BCUT2D eigenvalue weighted by Gasteiger charge is 2.46. The fraction of sp³-hybridized carbons (Fsp3) is 0.780. The number of esters is 1. The first-order chi connectivity index (χ1) is 25.1. The molecule has 2 fully saturated rings. The smallest absolute Gasteiger partial charge is 0.319 e. The van der Waals surface area contributed by atoms with Crippen LogP contribution in [0.4, 0.5) is 0 Å². The Hall–Kier alpha value is -2.61. The molecule has 0 bridgehead atoms. The van der Waals surface area contributed by atoms with Gasteiger partial charge >= 0.3 is 5.97 Å². The van der Waals surface area contributed by atoms with Crippen LogP contribution < -0.4 is 4.74 Å². The molecule has 1 N–H and O–H groups in total. The van der Waals surface area contributed by atoms with E-state index in [4.69, 9.17) is 23.7 Å². The van der Waals surface area contributed by atoms with Crippen LogP contribution in [0.25, 0.3) is 0 Å². The molecule has 12 heteroatoms. The number of methoxy groups -OCH3 is 2. The number of aliphatic hydroxyl groups is 1. The first-order valence-electron chi connectivity index (χ1n) is 19.6. The van der Waals surface area contributed by atoms with Crippen LogP contribution in [0.1, 0.15) is 97.3 Å². The van der Waals surface area contributed by atoms with Gasteiger partial charge in [-0.1, -0.05) is 40.2 Å². The number of rotatable bonds is 20. The molecular formula is C41H69N3O9. The second-order valence-electron chi connectivity index (χ2n) is 16.0. The summed E-state index contributed by atoms with van der Waals surface area (Å²) in [4.78, 5) is 47.3. The molecule has 3 rings (SSSR count). The number of nitrogens with zero attached hydrogens (tertiary/aromatic N) is 3. The monoisotopic (exact) mass is 748 g/mol. The third-order valence-corrected chi connectivity index (χ3v) is 11.2. The summed E-state index contributed by atoms with van der Waals surface area (Å²) in [5.74, 6) is -0.332. The van der Waals surface area contributed by atoms with Crippen molar-refractivity contribution in [3.05, 3.63) is 29.8 Å². The predicted octanol–water partition coefficient (Wildman–Crippen LogP) is 5.25. The van der Waals surface area contributed by atoms with E-state index >= 15 is 0 Å². The third-order valence-electron chi connectivity index (χ3n) is 11.2. The van der Waals surface area contributed by atoms with E-state index in [9.17, 15) is 19.5 Å². The van der Waals surface area contributed by atoms with Crippen molar-refractivity contribution in [2.45, 2.75) is 124 Å². The molecule has 12 nitrogen and oxygen atoms in total. The number of piperidine rings is 1. The number of ketones is 1. The molecule has 2 aliphatic heterocycles. The van der Waals surface area contributed by atoms with Crippen molar-refractivity contribution in [2.75, 3.05) is 61.1 Å². The molecule has 8 atom stereocenters. The minimum atomic E-state index is -1.48. The van der Waals surface area contributed by atoms with Crippen LogP contribution in [-0.2, 0) is 28.5 Å². The lowest BCUT2D eigenvalue weighted by molar-refractivity contribution is -0.309. The fourth-order valence-electron chi connectivity index (χ4n) is 7.85. The Kier molecular flexibility index (Phi) is 17.7. The van der Waals surface area contributed by atoms with Crippen molar-refractivity contribution >= 4 is 17.7 Å². The summed E-state index contributed by atoms with van der Waals surface area (Å²) in [5, 5.41) is 11.0. The Labute approximate surface area is 318 Å². The summed E-state index contributed by atoms with van der Waals surface area (Å²) in [6.07, 6.45) is 2.21. The van der Waals surface area contributed by atoms with Gasteiger partial charge in [0.25, 0.3) is 5.91 Å². The number of carbonyl (C=O) groups is 3. The Morgan fingerprint density at radius 2 is 1.77 bits per heavy atom. The van der Waals surface area contributed by atoms with E-state index in [-0.39, 0.29) is 36.5 Å². The van der Waals surface area contributed by atoms with E-state index < -0.39 is 36.0 Å². The number of Topliss-reactive ketones (excluding diaryl/α,β-unsaturated/α-hetero) is 1. The maximum absolute atomic E-state index is 13.9. The van der Waals surface area contributed by atoms with Gasteiger partial charge in [-0.3, -0.25) is 19.3 Å². The van der Waals surface area contributed by atoms with E-state index in [0.717, 1.165) is 45.2 Å². The van der Waals surface area contributed by atoms with Crippen molar-refractivity contribution in [1.29, 1.82) is 0 Å². The van der Waals surface area contributed by atoms with Crippen molar-refractivity contribution in [1.82, 2.24) is 14.7 Å². The number of ether oxygens (including phenoxy) is 5. The number of benzene rings is 1. The Balaban J connectivity index is 1.68. The molecule has 2 saturated heterocycles. The van der Waals surface area contributed by atoms with Crippen LogP contribution in [0.15, 0.2) is 24.3 Å². The molecule has 2 heterocycles. The molecule has 302 valence electrons. The summed E-state index contributed by atoms with van der Waals surface area (Å²) in [6.45, 7) is 16.5. The maximum atomic E-state index is 13.9. The molecular weight excluding hydrogens is 678 g/mol. The highest BCUT2D eigenvalue weighted by atomic mass is 16.8. The van der Waals surface area contributed by atoms with Crippen molar-refractivity contribution in [3.8, 4) is 5.75 Å². The molecule has 0 radical (unpaired) electrons. The molecule has 1 aromatic rings. The zero-order valence-corrected chi connectivity index (χ0v) is 34.3. The summed E-state index contributed by atoms with van der Waals surface area (Å²) < 4.78 is 29.0. The van der Waals surface area contributed by atoms with Gasteiger partial charge in [-0.2, -0.15) is 0 Å². The second kappa shape index (κ2) is 20.9. The molecule has 0 saturated carbocycles. The molecule has 53 heavy (non-hydrogen) atoms. The quantitative estimate of drug-likeness (QED) is 0.107. The van der Waals surface area contributed by atoms with Crippen LogP contribution in [0.5, 0.6) is 5.75 Å². The molecule has 1 amide bonds. The minimum absolute atomic E-state index is 0.00778. The standard InChI is InChI=1S/C41H69N3O9/c1-12-15-27(3)25-43(13-2)32(23-30-18-20-44(21-19-30)37(47)31-16-14-17-33(24-31)49-10)26-51-40(48)41(6,7)36(46)29(5)38(50-11)53-39-35(45)34(42(8)9)22-28(4)52-39/h14,16-17,24,27-30,32,34-35,38-39,45H,12-13,15,18-23,25-26H2,1-11H3/t27-,28-,29+,32-,34+,35-,38-,39+/m1/s1. The van der Waals surface area contributed by atoms with Gasteiger partial charge in [0.1, 0.15) is 23.9 Å². The third kappa shape index (κ3) is 12.2. The van der Waals surface area contributed by atoms with Crippen LogP contribution in [-0.4, -0.2) is 135 Å². The SMILES string of the molecule is CCC[C@@H](C)CN(CC)[C@@H](COC(=O)C(C)(C)C(=O)[C@H](C)[C@H](OC)O[C@@H]1O[C@H](C)C[C@H](N(C)C)[C@H]1O)CC1CCN(C(=O)c2cccc(OC)c2)CC1. The lowest BCUT2D eigenvalue weighted by Crippen LogP contribution is -2.56. The number of carbonyl (C=O) groups excluding carboxylic acids is 3. The fourth-order valence-corrected chi connectivity index (χ4v) is 7.85. The topological polar surface area (TPSA) is 127 Å². The first-order valence-corrected chi connectivity index (χ1v) is 19.6. The highest BCUT2D eigenvalue weighted by molar-refractivity contribution is 6.04. The normalized spacial score (nSPS) is 23.8. The number of likely N-dealkylation sites (N-methyl/N-ethyl adjacent to an activating group) is 2. The molecule has 1 aromatic carbocycles. The van der Waals surface area contributed by atoms with E-state index in [1.54, 1.807) is 33.9 Å². The van der Waals surface area contributed by atoms with Crippen molar-refractivity contribution in [2.24, 2.45) is 23.2 Å². The summed E-state index contributed by atoms with van der Waals surface area (Å²) in [5.41, 5.74) is -0.856. The van der Waals surface area contributed by atoms with E-state index in [2.05, 4.69) is 25.7 Å². The molecule has 0 unspecified atom stereocenters. The molecule has 0 spiro atoms. The molecule has 2 aliphatic rings. The average Bonchev–Trinajstić information content (AvgIpc) is 3.14. The number of likely N-dealkylation sites (tertiary alicyclic amines) is 1. The van der Waals surface area contributed by atoms with Crippen LogP contribution in [0, 0.1) is 23.2 Å². The average molecular weight is 748 g/mol. The Bertz CT molecular complexity index is 1300. The van der Waals surface area contributed by atoms with Gasteiger partial charge in [0.2, 0.25) is 0 Å². The Morgan fingerprint density at radius 1 is 1.09 bits per heavy atom. The van der Waals surface area contributed by atoms with Gasteiger partial charge in [-0.25, -0.2) is 0 Å². The minimum Gasteiger partial charge on any atom is -0.497 e. The van der Waals surface area contributed by atoms with Crippen molar-refractivity contribution < 1.29 is 43.2 Å². The van der Waals surface area contributed by atoms with Gasteiger partial charge in [-0.05, 0) is 104 Å². The molecule has 0 aromatic heterocycles. The van der Waals surface area contributed by atoms with Crippen LogP contribution in [0.2, 0.25) is 0 Å². The molecule has 0 aliphatic carbocycles. The zero-order chi connectivity index (χ0) is 39.5. The maximum Gasteiger partial charge on any atom is 0.319 e. The van der Waals surface area contributed by atoms with Gasteiger partial charge in [-0.15, -0.1) is 0 Å². The number of amides is 1. The number of aliphatic hydroxyl groups excluding tert-OH is 1.